The zero-order valence-electron chi connectivity index (χ0n) is 10.2. The van der Waals surface area contributed by atoms with E-state index in [-0.39, 0.29) is 0 Å². The van der Waals surface area contributed by atoms with E-state index in [9.17, 15) is 0 Å². The van der Waals surface area contributed by atoms with Crippen molar-refractivity contribution in [1.29, 1.82) is 0 Å². The molecule has 1 aromatic heterocycles. The molecule has 0 saturated heterocycles. The monoisotopic (exact) mass is 305 g/mol. The van der Waals surface area contributed by atoms with Gasteiger partial charge in [0.25, 0.3) is 0 Å². The van der Waals surface area contributed by atoms with Gasteiger partial charge in [-0.1, -0.05) is 13.8 Å². The Morgan fingerprint density at radius 1 is 1.50 bits per heavy atom. The Morgan fingerprint density at radius 2 is 2.25 bits per heavy atom. The zero-order valence-corrected chi connectivity index (χ0v) is 12.6. The van der Waals surface area contributed by atoms with Gasteiger partial charge in [-0.15, -0.1) is 11.3 Å². The molecule has 2 nitrogen and oxygen atoms in total. The van der Waals surface area contributed by atoms with Crippen LogP contribution in [0.1, 0.15) is 36.8 Å². The molecule has 1 rings (SSSR count). The van der Waals surface area contributed by atoms with Crippen molar-refractivity contribution >= 4 is 27.3 Å². The third kappa shape index (κ3) is 4.17. The van der Waals surface area contributed by atoms with Crippen LogP contribution < -0.4 is 5.32 Å². The molecular weight excluding hydrogens is 286 g/mol. The van der Waals surface area contributed by atoms with Crippen molar-refractivity contribution in [3.8, 4) is 0 Å². The highest BCUT2D eigenvalue weighted by Gasteiger charge is 2.14. The molecule has 1 aromatic rings. The molecule has 0 bridgehead atoms. The van der Waals surface area contributed by atoms with Crippen LogP contribution in [0.2, 0.25) is 0 Å². The lowest BCUT2D eigenvalue weighted by atomic mass is 10.2. The van der Waals surface area contributed by atoms with E-state index in [1.165, 1.54) is 14.2 Å². The van der Waals surface area contributed by atoms with E-state index in [4.69, 9.17) is 4.74 Å². The van der Waals surface area contributed by atoms with Gasteiger partial charge in [-0.3, -0.25) is 0 Å². The first kappa shape index (κ1) is 14.2. The highest BCUT2D eigenvalue weighted by atomic mass is 79.9. The highest BCUT2D eigenvalue weighted by Crippen LogP contribution is 2.31. The van der Waals surface area contributed by atoms with Gasteiger partial charge in [0.05, 0.1) is 16.4 Å². The number of rotatable bonds is 7. The van der Waals surface area contributed by atoms with Gasteiger partial charge in [-0.05, 0) is 47.4 Å². The average molecular weight is 306 g/mol. The number of nitrogens with one attached hydrogen (secondary N) is 1. The summed E-state index contributed by atoms with van der Waals surface area (Å²) in [5.41, 5.74) is 1.30. The first-order valence-electron chi connectivity index (χ1n) is 5.76. The molecule has 1 N–H and O–H groups in total. The van der Waals surface area contributed by atoms with E-state index >= 15 is 0 Å². The standard InChI is InChI=1S/C12H20BrNOS/c1-4-6-15-8-10(14-5-2)11-7-9(3)12(13)16-11/h7,10,14H,4-6,8H2,1-3H3. The molecule has 0 aliphatic rings. The van der Waals surface area contributed by atoms with E-state index in [0.717, 1.165) is 26.2 Å². The molecular formula is C12H20BrNOS. The van der Waals surface area contributed by atoms with Crippen LogP contribution in [0.15, 0.2) is 9.85 Å². The van der Waals surface area contributed by atoms with Crippen molar-refractivity contribution in [2.75, 3.05) is 19.8 Å². The Labute approximate surface area is 111 Å². The van der Waals surface area contributed by atoms with Gasteiger partial charge >= 0.3 is 0 Å². The molecule has 0 aromatic carbocycles. The van der Waals surface area contributed by atoms with Gasteiger partial charge in [0.1, 0.15) is 0 Å². The highest BCUT2D eigenvalue weighted by molar-refractivity contribution is 9.11. The number of aryl methyl sites for hydroxylation is 1. The van der Waals surface area contributed by atoms with E-state index in [2.05, 4.69) is 48.1 Å². The summed E-state index contributed by atoms with van der Waals surface area (Å²) in [6.07, 6.45) is 1.08. The molecule has 0 radical (unpaired) electrons. The summed E-state index contributed by atoms with van der Waals surface area (Å²) >= 11 is 5.36. The molecule has 1 heterocycles. The Hall–Kier alpha value is 0.1000. The molecule has 1 atom stereocenters. The molecule has 0 amide bonds. The molecule has 0 saturated carbocycles. The number of thiophene rings is 1. The minimum absolute atomic E-state index is 0.326. The Balaban J connectivity index is 2.61. The largest absolute Gasteiger partial charge is 0.379 e. The summed E-state index contributed by atoms with van der Waals surface area (Å²) in [5, 5.41) is 3.46. The van der Waals surface area contributed by atoms with Crippen LogP contribution in [0.4, 0.5) is 0 Å². The van der Waals surface area contributed by atoms with Gasteiger partial charge in [-0.2, -0.15) is 0 Å². The first-order chi connectivity index (χ1) is 7.69. The fourth-order valence-corrected chi connectivity index (χ4v) is 3.12. The van der Waals surface area contributed by atoms with Gasteiger partial charge in [0, 0.05) is 11.5 Å². The Bertz CT molecular complexity index is 294. The lowest BCUT2D eigenvalue weighted by Crippen LogP contribution is -2.24. The van der Waals surface area contributed by atoms with Crippen LogP contribution in [-0.2, 0) is 4.74 Å². The first-order valence-corrected chi connectivity index (χ1v) is 7.36. The number of halogens is 1. The van der Waals surface area contributed by atoms with Crippen LogP contribution in [0.5, 0.6) is 0 Å². The number of hydrogen-bond acceptors (Lipinski definition) is 3. The molecule has 0 aliphatic carbocycles. The quantitative estimate of drug-likeness (QED) is 0.772. The van der Waals surface area contributed by atoms with E-state index < -0.39 is 0 Å². The minimum atomic E-state index is 0.326. The summed E-state index contributed by atoms with van der Waals surface area (Å²) in [7, 11) is 0. The van der Waals surface area contributed by atoms with Crippen molar-refractivity contribution in [3.05, 3.63) is 20.3 Å². The molecule has 0 aliphatic heterocycles. The average Bonchev–Trinajstić information content (AvgIpc) is 2.58. The van der Waals surface area contributed by atoms with Crippen LogP contribution in [0, 0.1) is 6.92 Å². The molecule has 4 heteroatoms. The minimum Gasteiger partial charge on any atom is -0.379 e. The predicted octanol–water partition coefficient (Wildman–Crippen LogP) is 3.90. The lowest BCUT2D eigenvalue weighted by Gasteiger charge is -2.16. The van der Waals surface area contributed by atoms with Crippen LogP contribution in [0.25, 0.3) is 0 Å². The van der Waals surface area contributed by atoms with Crippen LogP contribution >= 0.6 is 27.3 Å². The summed E-state index contributed by atoms with van der Waals surface area (Å²) in [6.45, 7) is 8.95. The van der Waals surface area contributed by atoms with Crippen molar-refractivity contribution in [2.24, 2.45) is 0 Å². The number of likely N-dealkylation sites (N-methyl/N-ethyl adjacent to an activating group) is 1. The Kier molecular flexibility index (Phi) is 6.58. The molecule has 92 valence electrons. The van der Waals surface area contributed by atoms with Crippen molar-refractivity contribution in [3.63, 3.8) is 0 Å². The predicted molar refractivity (Wildman–Crippen MR) is 74.3 cm³/mol. The summed E-state index contributed by atoms with van der Waals surface area (Å²) in [4.78, 5) is 1.35. The van der Waals surface area contributed by atoms with Gasteiger partial charge in [0.15, 0.2) is 0 Å². The smallest absolute Gasteiger partial charge is 0.0731 e. The van der Waals surface area contributed by atoms with Gasteiger partial charge in [0.2, 0.25) is 0 Å². The van der Waals surface area contributed by atoms with Crippen LogP contribution in [-0.4, -0.2) is 19.8 Å². The zero-order chi connectivity index (χ0) is 12.0. The van der Waals surface area contributed by atoms with Gasteiger partial charge < -0.3 is 10.1 Å². The third-order valence-corrected chi connectivity index (χ3v) is 4.55. The fraction of sp³-hybridized carbons (Fsp3) is 0.667. The summed E-state index contributed by atoms with van der Waals surface area (Å²) < 4.78 is 6.85. The topological polar surface area (TPSA) is 21.3 Å². The van der Waals surface area contributed by atoms with E-state index in [1.54, 1.807) is 11.3 Å². The van der Waals surface area contributed by atoms with Crippen molar-refractivity contribution in [1.82, 2.24) is 5.32 Å². The van der Waals surface area contributed by atoms with Crippen LogP contribution in [0.3, 0.4) is 0 Å². The second-order valence-electron chi connectivity index (χ2n) is 3.79. The fourth-order valence-electron chi connectivity index (χ4n) is 1.49. The van der Waals surface area contributed by atoms with Crippen molar-refractivity contribution < 1.29 is 4.74 Å². The molecule has 1 unspecified atom stereocenters. The number of ether oxygens (including phenoxy) is 1. The molecule has 0 spiro atoms. The SMILES string of the molecule is CCCOCC(NCC)c1cc(C)c(Br)s1. The lowest BCUT2D eigenvalue weighted by molar-refractivity contribution is 0.113. The maximum absolute atomic E-state index is 5.63. The normalized spacial score (nSPS) is 13.0. The molecule has 16 heavy (non-hydrogen) atoms. The van der Waals surface area contributed by atoms with E-state index in [1.807, 2.05) is 0 Å². The number of hydrogen-bond donors (Lipinski definition) is 1. The molecule has 0 fully saturated rings. The maximum atomic E-state index is 5.63. The second-order valence-corrected chi connectivity index (χ2v) is 6.19. The Morgan fingerprint density at radius 3 is 2.75 bits per heavy atom. The third-order valence-electron chi connectivity index (χ3n) is 2.30. The van der Waals surface area contributed by atoms with Crippen molar-refractivity contribution in [2.45, 2.75) is 33.2 Å². The maximum Gasteiger partial charge on any atom is 0.0731 e. The summed E-state index contributed by atoms with van der Waals surface area (Å²) in [5.74, 6) is 0. The van der Waals surface area contributed by atoms with E-state index in [0.29, 0.717) is 6.04 Å². The summed E-state index contributed by atoms with van der Waals surface area (Å²) in [6, 6.07) is 2.56. The second kappa shape index (κ2) is 7.43. The van der Waals surface area contributed by atoms with Gasteiger partial charge in [-0.25, -0.2) is 0 Å².